The molecule has 0 aromatic carbocycles. The standard InChI is InChI=1S/C12H22N2O2/c1-12(2,3)16-8-6-14-10-11(9-13-14)5-4-7-15/h9-10,15H,4-8H2,1-3H3. The Morgan fingerprint density at radius 1 is 1.44 bits per heavy atom. The first kappa shape index (κ1) is 13.2. The molecule has 4 nitrogen and oxygen atoms in total. The van der Waals surface area contributed by atoms with Gasteiger partial charge in [0.15, 0.2) is 0 Å². The van der Waals surface area contributed by atoms with Crippen LogP contribution in [-0.2, 0) is 17.7 Å². The average molecular weight is 226 g/mol. The maximum atomic E-state index is 8.72. The fourth-order valence-electron chi connectivity index (χ4n) is 1.39. The predicted octanol–water partition coefficient (Wildman–Crippen LogP) is 1.62. The molecule has 4 heteroatoms. The van der Waals surface area contributed by atoms with Gasteiger partial charge in [0.1, 0.15) is 0 Å². The molecule has 0 amide bonds. The maximum absolute atomic E-state index is 8.72. The molecule has 0 bridgehead atoms. The van der Waals surface area contributed by atoms with Gasteiger partial charge in [0.2, 0.25) is 0 Å². The predicted molar refractivity (Wildman–Crippen MR) is 63.3 cm³/mol. The molecule has 1 aromatic rings. The molecule has 0 radical (unpaired) electrons. The van der Waals surface area contributed by atoms with Crippen molar-refractivity contribution in [3.8, 4) is 0 Å². The van der Waals surface area contributed by atoms with Crippen molar-refractivity contribution < 1.29 is 9.84 Å². The van der Waals surface area contributed by atoms with E-state index in [1.807, 2.05) is 37.8 Å². The molecule has 1 heterocycles. The normalized spacial score (nSPS) is 12.0. The number of aromatic nitrogens is 2. The van der Waals surface area contributed by atoms with E-state index in [1.54, 1.807) is 0 Å². The highest BCUT2D eigenvalue weighted by Gasteiger charge is 2.09. The van der Waals surface area contributed by atoms with Gasteiger partial charge in [0.25, 0.3) is 0 Å². The molecular formula is C12H22N2O2. The van der Waals surface area contributed by atoms with Crippen molar-refractivity contribution in [2.75, 3.05) is 13.2 Å². The number of nitrogens with zero attached hydrogens (tertiary/aromatic N) is 2. The lowest BCUT2D eigenvalue weighted by molar-refractivity contribution is -0.00790. The fourth-order valence-corrected chi connectivity index (χ4v) is 1.39. The molecule has 0 fully saturated rings. The third-order valence-corrected chi connectivity index (χ3v) is 2.17. The summed E-state index contributed by atoms with van der Waals surface area (Å²) in [7, 11) is 0. The summed E-state index contributed by atoms with van der Waals surface area (Å²) >= 11 is 0. The van der Waals surface area contributed by atoms with Crippen molar-refractivity contribution in [3.05, 3.63) is 18.0 Å². The molecule has 1 N–H and O–H groups in total. The van der Waals surface area contributed by atoms with Crippen LogP contribution in [0.5, 0.6) is 0 Å². The summed E-state index contributed by atoms with van der Waals surface area (Å²) in [4.78, 5) is 0. The van der Waals surface area contributed by atoms with Crippen molar-refractivity contribution in [3.63, 3.8) is 0 Å². The summed E-state index contributed by atoms with van der Waals surface area (Å²) in [5, 5.41) is 13.0. The summed E-state index contributed by atoms with van der Waals surface area (Å²) in [5.74, 6) is 0. The van der Waals surface area contributed by atoms with Crippen molar-refractivity contribution in [1.29, 1.82) is 0 Å². The maximum Gasteiger partial charge on any atom is 0.0669 e. The number of aryl methyl sites for hydroxylation is 1. The van der Waals surface area contributed by atoms with Gasteiger partial charge in [-0.25, -0.2) is 0 Å². The van der Waals surface area contributed by atoms with E-state index in [4.69, 9.17) is 9.84 Å². The third kappa shape index (κ3) is 5.28. The number of hydrogen-bond donors (Lipinski definition) is 1. The van der Waals surface area contributed by atoms with Gasteiger partial charge in [0, 0.05) is 12.8 Å². The summed E-state index contributed by atoms with van der Waals surface area (Å²) in [5.41, 5.74) is 1.08. The molecule has 16 heavy (non-hydrogen) atoms. The molecule has 0 spiro atoms. The fraction of sp³-hybridized carbons (Fsp3) is 0.750. The Morgan fingerprint density at radius 2 is 2.19 bits per heavy atom. The van der Waals surface area contributed by atoms with Crippen molar-refractivity contribution >= 4 is 0 Å². The van der Waals surface area contributed by atoms with Crippen LogP contribution in [0.1, 0.15) is 32.8 Å². The van der Waals surface area contributed by atoms with Gasteiger partial charge in [-0.15, -0.1) is 0 Å². The highest BCUT2D eigenvalue weighted by atomic mass is 16.5. The molecule has 0 aliphatic heterocycles. The van der Waals surface area contributed by atoms with E-state index >= 15 is 0 Å². The van der Waals surface area contributed by atoms with E-state index in [0.29, 0.717) is 6.61 Å². The number of aliphatic hydroxyl groups is 1. The quantitative estimate of drug-likeness (QED) is 0.802. The van der Waals surface area contributed by atoms with Gasteiger partial charge < -0.3 is 9.84 Å². The Balaban J connectivity index is 2.29. The first-order chi connectivity index (χ1) is 7.51. The van der Waals surface area contributed by atoms with Crippen LogP contribution in [0.15, 0.2) is 12.4 Å². The van der Waals surface area contributed by atoms with Crippen LogP contribution in [0.2, 0.25) is 0 Å². The number of ether oxygens (including phenoxy) is 1. The second kappa shape index (κ2) is 6.01. The van der Waals surface area contributed by atoms with E-state index in [9.17, 15) is 0 Å². The third-order valence-electron chi connectivity index (χ3n) is 2.17. The summed E-state index contributed by atoms with van der Waals surface area (Å²) < 4.78 is 7.51. The molecule has 1 rings (SSSR count). The van der Waals surface area contributed by atoms with Crippen LogP contribution >= 0.6 is 0 Å². The zero-order valence-corrected chi connectivity index (χ0v) is 10.4. The molecule has 0 saturated heterocycles. The SMILES string of the molecule is CC(C)(C)OCCn1cc(CCCO)cn1. The van der Waals surface area contributed by atoms with Gasteiger partial charge in [-0.1, -0.05) is 0 Å². The number of rotatable bonds is 6. The minimum atomic E-state index is -0.0904. The Bertz CT molecular complexity index is 302. The van der Waals surface area contributed by atoms with Crippen molar-refractivity contribution in [2.24, 2.45) is 0 Å². The van der Waals surface area contributed by atoms with Crippen LogP contribution in [0.3, 0.4) is 0 Å². The van der Waals surface area contributed by atoms with E-state index in [0.717, 1.165) is 19.4 Å². The molecular weight excluding hydrogens is 204 g/mol. The summed E-state index contributed by atoms with van der Waals surface area (Å²) in [6.45, 7) is 7.81. The lowest BCUT2D eigenvalue weighted by atomic mass is 10.2. The lowest BCUT2D eigenvalue weighted by Crippen LogP contribution is -2.22. The van der Waals surface area contributed by atoms with E-state index in [2.05, 4.69) is 5.10 Å². The topological polar surface area (TPSA) is 47.3 Å². The van der Waals surface area contributed by atoms with Gasteiger partial charge in [0.05, 0.1) is 24.9 Å². The highest BCUT2D eigenvalue weighted by molar-refractivity contribution is 5.03. The monoisotopic (exact) mass is 226 g/mol. The largest absolute Gasteiger partial charge is 0.396 e. The minimum Gasteiger partial charge on any atom is -0.396 e. The Hall–Kier alpha value is -0.870. The zero-order valence-electron chi connectivity index (χ0n) is 10.4. The molecule has 1 aromatic heterocycles. The number of hydrogen-bond acceptors (Lipinski definition) is 3. The second-order valence-corrected chi connectivity index (χ2v) is 4.90. The van der Waals surface area contributed by atoms with E-state index in [1.165, 1.54) is 5.56 Å². The lowest BCUT2D eigenvalue weighted by Gasteiger charge is -2.19. The van der Waals surface area contributed by atoms with Gasteiger partial charge >= 0.3 is 0 Å². The van der Waals surface area contributed by atoms with Gasteiger partial charge in [-0.05, 0) is 39.2 Å². The van der Waals surface area contributed by atoms with Crippen molar-refractivity contribution in [1.82, 2.24) is 9.78 Å². The summed E-state index contributed by atoms with van der Waals surface area (Å²) in [6, 6.07) is 0. The molecule has 0 atom stereocenters. The minimum absolute atomic E-state index is 0.0904. The molecule has 0 unspecified atom stereocenters. The molecule has 0 saturated carbocycles. The van der Waals surface area contributed by atoms with Crippen LogP contribution in [0.25, 0.3) is 0 Å². The van der Waals surface area contributed by atoms with Crippen LogP contribution in [-0.4, -0.2) is 33.7 Å². The van der Waals surface area contributed by atoms with Gasteiger partial charge in [-0.2, -0.15) is 5.10 Å². The first-order valence-corrected chi connectivity index (χ1v) is 5.77. The van der Waals surface area contributed by atoms with Crippen molar-refractivity contribution in [2.45, 2.75) is 45.8 Å². The summed E-state index contributed by atoms with van der Waals surface area (Å²) in [6.07, 6.45) is 5.55. The zero-order chi connectivity index (χ0) is 12.0. The Morgan fingerprint density at radius 3 is 2.81 bits per heavy atom. The second-order valence-electron chi connectivity index (χ2n) is 4.90. The van der Waals surface area contributed by atoms with E-state index in [-0.39, 0.29) is 12.2 Å². The van der Waals surface area contributed by atoms with Gasteiger partial charge in [-0.3, -0.25) is 4.68 Å². The molecule has 0 aliphatic carbocycles. The van der Waals surface area contributed by atoms with Crippen LogP contribution in [0.4, 0.5) is 0 Å². The highest BCUT2D eigenvalue weighted by Crippen LogP contribution is 2.07. The molecule has 0 aliphatic rings. The first-order valence-electron chi connectivity index (χ1n) is 5.77. The average Bonchev–Trinajstić information content (AvgIpc) is 2.61. The molecule has 92 valence electrons. The van der Waals surface area contributed by atoms with E-state index < -0.39 is 0 Å². The smallest absolute Gasteiger partial charge is 0.0669 e. The van der Waals surface area contributed by atoms with Crippen LogP contribution < -0.4 is 0 Å². The Labute approximate surface area is 97.2 Å². The number of aliphatic hydroxyl groups excluding tert-OH is 1. The Kier molecular flexibility index (Phi) is 4.96. The van der Waals surface area contributed by atoms with Crippen LogP contribution in [0, 0.1) is 0 Å².